The molecule has 0 bridgehead atoms. The Kier molecular flexibility index (Phi) is 14.8. The Balaban J connectivity index is 0.000000309. The molecule has 3 aromatic carbocycles. The van der Waals surface area contributed by atoms with E-state index in [0.717, 1.165) is 33.9 Å². The van der Waals surface area contributed by atoms with Gasteiger partial charge in [-0.25, -0.2) is 0 Å². The Labute approximate surface area is 243 Å². The molecule has 220 valence electrons. The van der Waals surface area contributed by atoms with E-state index in [-0.39, 0.29) is 11.5 Å². The number of aryl methyl sites for hydroxylation is 1. The van der Waals surface area contributed by atoms with Crippen LogP contribution in [0.25, 0.3) is 0 Å². The van der Waals surface area contributed by atoms with E-state index in [4.69, 9.17) is 24.7 Å². The highest BCUT2D eigenvalue weighted by atomic mass is 32.2. The molecule has 0 atom stereocenters. The molecule has 0 radical (unpaired) electrons. The highest BCUT2D eigenvalue weighted by Crippen LogP contribution is 2.30. The first-order valence-electron chi connectivity index (χ1n) is 12.8. The first-order valence-corrected chi connectivity index (χ1v) is 14.2. The zero-order valence-electron chi connectivity index (χ0n) is 24.5. The van der Waals surface area contributed by atoms with Gasteiger partial charge in [0, 0.05) is 11.1 Å². The van der Waals surface area contributed by atoms with Crippen molar-refractivity contribution < 1.29 is 31.9 Å². The van der Waals surface area contributed by atoms with Crippen LogP contribution in [0.2, 0.25) is 0 Å². The van der Waals surface area contributed by atoms with Gasteiger partial charge in [-0.15, -0.1) is 0 Å². The van der Waals surface area contributed by atoms with E-state index >= 15 is 0 Å². The average molecular weight is 583 g/mol. The van der Waals surface area contributed by atoms with Gasteiger partial charge in [-0.2, -0.15) is 18.9 Å². The van der Waals surface area contributed by atoms with Gasteiger partial charge in [0.2, 0.25) is 0 Å². The van der Waals surface area contributed by atoms with Crippen LogP contribution in [-0.2, 0) is 14.3 Å². The highest BCUT2D eigenvalue weighted by Gasteiger charge is 2.14. The van der Waals surface area contributed by atoms with Crippen molar-refractivity contribution in [2.45, 2.75) is 51.3 Å². The minimum Gasteiger partial charge on any atom is -0.508 e. The van der Waals surface area contributed by atoms with Crippen LogP contribution in [0.4, 0.5) is 0 Å². The minimum absolute atomic E-state index is 0.0679. The van der Waals surface area contributed by atoms with Crippen LogP contribution in [0.1, 0.15) is 56.2 Å². The Bertz CT molecular complexity index is 1420. The van der Waals surface area contributed by atoms with Crippen molar-refractivity contribution >= 4 is 10.1 Å². The molecule has 0 aliphatic carbocycles. The van der Waals surface area contributed by atoms with E-state index in [1.54, 1.807) is 44.6 Å². The standard InChI is InChI=1S/C12H15NO2.C10H14O2.C9H9NO3S/c1-9(2)11-8-10(14-3)4-5-12(11)15-7-6-13;1-7(2)9-6-8(12-3)4-5-10(9)11;1-8-2-4-9(5-3-8)14(11,12)13-7-6-10/h4-5,8-9H,7H2,1-3H3;4-7,11H,1-3H3;2-5H,7H2,1H3. The summed E-state index contributed by atoms with van der Waals surface area (Å²) in [5.74, 6) is 3.35. The summed E-state index contributed by atoms with van der Waals surface area (Å²) in [6, 6.07) is 20.7. The molecule has 41 heavy (non-hydrogen) atoms. The summed E-state index contributed by atoms with van der Waals surface area (Å²) in [4.78, 5) is 0.0679. The number of phenols is 1. The molecule has 0 aliphatic rings. The monoisotopic (exact) mass is 582 g/mol. The number of methoxy groups -OCH3 is 2. The number of rotatable bonds is 9. The molecule has 0 aromatic heterocycles. The highest BCUT2D eigenvalue weighted by molar-refractivity contribution is 7.86. The van der Waals surface area contributed by atoms with Crippen LogP contribution in [0.15, 0.2) is 65.6 Å². The van der Waals surface area contributed by atoms with E-state index in [1.807, 2.05) is 51.1 Å². The fraction of sp³-hybridized carbons (Fsp3) is 0.355. The van der Waals surface area contributed by atoms with Crippen molar-refractivity contribution in [2.24, 2.45) is 0 Å². The Morgan fingerprint density at radius 3 is 1.78 bits per heavy atom. The summed E-state index contributed by atoms with van der Waals surface area (Å²) < 4.78 is 42.6. The van der Waals surface area contributed by atoms with Crippen molar-refractivity contribution in [1.82, 2.24) is 0 Å². The number of hydrogen-bond donors (Lipinski definition) is 1. The second-order valence-electron chi connectivity index (χ2n) is 9.27. The fourth-order valence-electron chi connectivity index (χ4n) is 3.35. The minimum atomic E-state index is -3.76. The van der Waals surface area contributed by atoms with Crippen LogP contribution in [0.3, 0.4) is 0 Å². The summed E-state index contributed by atoms with van der Waals surface area (Å²) in [6.45, 7) is 9.69. The molecule has 0 saturated heterocycles. The average Bonchev–Trinajstić information content (AvgIpc) is 2.96. The molecule has 0 spiro atoms. The lowest BCUT2D eigenvalue weighted by atomic mass is 10.0. The number of nitriles is 2. The lowest BCUT2D eigenvalue weighted by Gasteiger charge is -2.13. The van der Waals surface area contributed by atoms with Crippen molar-refractivity contribution in [1.29, 1.82) is 10.5 Å². The summed E-state index contributed by atoms with van der Waals surface area (Å²) >= 11 is 0. The number of hydrogen-bond acceptors (Lipinski definition) is 9. The van der Waals surface area contributed by atoms with Gasteiger partial charge < -0.3 is 19.3 Å². The maximum absolute atomic E-state index is 11.3. The van der Waals surface area contributed by atoms with Crippen molar-refractivity contribution in [3.8, 4) is 35.1 Å². The summed E-state index contributed by atoms with van der Waals surface area (Å²) in [5.41, 5.74) is 2.95. The van der Waals surface area contributed by atoms with Gasteiger partial charge >= 0.3 is 0 Å². The van der Waals surface area contributed by atoms with Gasteiger partial charge in [0.1, 0.15) is 29.1 Å². The van der Waals surface area contributed by atoms with E-state index in [2.05, 4.69) is 18.0 Å². The Hall–Kier alpha value is -4.25. The SMILES string of the molecule is COc1ccc(O)c(C(C)C)c1.COc1ccc(OCC#N)c(C(C)C)c1.Cc1ccc(S(=O)(=O)OCC#N)cc1. The topological polar surface area (TPSA) is 139 Å². The van der Waals surface area contributed by atoms with Crippen molar-refractivity contribution in [3.63, 3.8) is 0 Å². The number of nitrogens with zero attached hydrogens (tertiary/aromatic N) is 2. The molecule has 3 rings (SSSR count). The van der Waals surface area contributed by atoms with Crippen LogP contribution in [0, 0.1) is 29.6 Å². The van der Waals surface area contributed by atoms with Crippen LogP contribution in [0.5, 0.6) is 23.0 Å². The second kappa shape index (κ2) is 17.4. The predicted octanol–water partition coefficient (Wildman–Crippen LogP) is 6.47. The fourth-order valence-corrected chi connectivity index (χ4v) is 4.16. The zero-order chi connectivity index (χ0) is 31.0. The number of ether oxygens (including phenoxy) is 3. The van der Waals surface area contributed by atoms with Gasteiger partial charge in [0.05, 0.1) is 25.2 Å². The lowest BCUT2D eigenvalue weighted by Crippen LogP contribution is -2.06. The second-order valence-corrected chi connectivity index (χ2v) is 10.9. The third-order valence-electron chi connectivity index (χ3n) is 5.58. The summed E-state index contributed by atoms with van der Waals surface area (Å²) in [7, 11) is -0.506. The summed E-state index contributed by atoms with van der Waals surface area (Å²) in [6.07, 6.45) is 0. The molecule has 0 fully saturated rings. The molecule has 0 unspecified atom stereocenters. The normalized spacial score (nSPS) is 10.3. The first kappa shape index (κ1) is 34.8. The smallest absolute Gasteiger partial charge is 0.297 e. The number of aromatic hydroxyl groups is 1. The Morgan fingerprint density at radius 1 is 0.780 bits per heavy atom. The van der Waals surface area contributed by atoms with Gasteiger partial charge in [-0.1, -0.05) is 45.4 Å². The molecule has 0 aliphatic heterocycles. The first-order chi connectivity index (χ1) is 19.4. The van der Waals surface area contributed by atoms with Gasteiger partial charge in [0.15, 0.2) is 13.2 Å². The molecule has 10 heteroatoms. The third-order valence-corrected chi connectivity index (χ3v) is 6.85. The van der Waals surface area contributed by atoms with Crippen molar-refractivity contribution in [3.05, 3.63) is 77.4 Å². The molecular formula is C31H38N2O7S. The largest absolute Gasteiger partial charge is 0.508 e. The van der Waals surface area contributed by atoms with Crippen LogP contribution >= 0.6 is 0 Å². The van der Waals surface area contributed by atoms with Gasteiger partial charge in [0.25, 0.3) is 10.1 Å². The molecular weight excluding hydrogens is 544 g/mol. The summed E-state index contributed by atoms with van der Waals surface area (Å²) in [5, 5.41) is 26.1. The van der Waals surface area contributed by atoms with Crippen LogP contribution < -0.4 is 14.2 Å². The predicted molar refractivity (Wildman–Crippen MR) is 157 cm³/mol. The van der Waals surface area contributed by atoms with Gasteiger partial charge in [-0.3, -0.25) is 4.18 Å². The lowest BCUT2D eigenvalue weighted by molar-refractivity contribution is 0.359. The zero-order valence-corrected chi connectivity index (χ0v) is 25.4. The van der Waals surface area contributed by atoms with E-state index in [0.29, 0.717) is 17.6 Å². The molecule has 9 nitrogen and oxygen atoms in total. The maximum Gasteiger partial charge on any atom is 0.297 e. The molecule has 0 saturated carbocycles. The van der Waals surface area contributed by atoms with Crippen LogP contribution in [-0.4, -0.2) is 41.0 Å². The maximum atomic E-state index is 11.3. The quantitative estimate of drug-likeness (QED) is 0.281. The number of benzene rings is 3. The molecule has 0 amide bonds. The Morgan fingerprint density at radius 2 is 1.29 bits per heavy atom. The van der Waals surface area contributed by atoms with Gasteiger partial charge in [-0.05, 0) is 67.3 Å². The molecule has 3 aromatic rings. The molecule has 1 N–H and O–H groups in total. The van der Waals surface area contributed by atoms with E-state index in [1.165, 1.54) is 12.1 Å². The van der Waals surface area contributed by atoms with E-state index in [9.17, 15) is 13.5 Å². The number of phenolic OH excluding ortho intramolecular Hbond substituents is 1. The van der Waals surface area contributed by atoms with Crippen molar-refractivity contribution in [2.75, 3.05) is 27.4 Å². The molecule has 0 heterocycles. The third kappa shape index (κ3) is 11.8. The van der Waals surface area contributed by atoms with E-state index < -0.39 is 16.7 Å².